The Morgan fingerprint density at radius 3 is 2.27 bits per heavy atom. The lowest BCUT2D eigenvalue weighted by molar-refractivity contribution is 0.0639. The fraction of sp³-hybridized carbons (Fsp3) is 0.176. The smallest absolute Gasteiger partial charge is 0.278 e. The van der Waals surface area contributed by atoms with E-state index in [4.69, 9.17) is 9.47 Å². The molecule has 0 saturated carbocycles. The fourth-order valence-electron chi connectivity index (χ4n) is 4.99. The highest BCUT2D eigenvalue weighted by atomic mass is 16.5. The molecule has 208 valence electrons. The number of fused-ring (bicyclic) bond motifs is 1. The predicted molar refractivity (Wildman–Crippen MR) is 161 cm³/mol. The van der Waals surface area contributed by atoms with Crippen molar-refractivity contribution in [1.29, 1.82) is 0 Å². The summed E-state index contributed by atoms with van der Waals surface area (Å²) in [5, 5.41) is 2.05. The molecular formula is C34H33N3O4. The number of carbonyl (C=O) groups excluding carboxylic acids is 1. The summed E-state index contributed by atoms with van der Waals surface area (Å²) in [4.78, 5) is 28.9. The number of hydrogen-bond acceptors (Lipinski definition) is 5. The van der Waals surface area contributed by atoms with E-state index in [9.17, 15) is 9.59 Å². The van der Waals surface area contributed by atoms with Crippen molar-refractivity contribution in [1.82, 2.24) is 9.58 Å². The van der Waals surface area contributed by atoms with E-state index >= 15 is 0 Å². The van der Waals surface area contributed by atoms with E-state index in [0.717, 1.165) is 16.7 Å². The minimum absolute atomic E-state index is 0.00956. The van der Waals surface area contributed by atoms with Gasteiger partial charge in [0, 0.05) is 23.9 Å². The topological polar surface area (TPSA) is 64.0 Å². The lowest BCUT2D eigenvalue weighted by Gasteiger charge is -2.45. The molecule has 1 aliphatic rings. The van der Waals surface area contributed by atoms with Crippen LogP contribution >= 0.6 is 0 Å². The number of amides is 1. The Morgan fingerprint density at radius 1 is 0.878 bits per heavy atom. The predicted octanol–water partition coefficient (Wildman–Crippen LogP) is 5.71. The molecule has 7 nitrogen and oxygen atoms in total. The van der Waals surface area contributed by atoms with Crippen molar-refractivity contribution in [2.24, 2.45) is 0 Å². The highest BCUT2D eigenvalue weighted by molar-refractivity contribution is 5.96. The number of benzene rings is 3. The Labute approximate surface area is 240 Å². The van der Waals surface area contributed by atoms with Gasteiger partial charge < -0.3 is 14.4 Å². The molecule has 0 radical (unpaired) electrons. The van der Waals surface area contributed by atoms with Crippen LogP contribution in [0.1, 0.15) is 40.1 Å². The summed E-state index contributed by atoms with van der Waals surface area (Å²) in [6.45, 7) is 10.4. The zero-order chi connectivity index (χ0) is 28.8. The Hall–Kier alpha value is -5.04. The molecule has 0 bridgehead atoms. The highest BCUT2D eigenvalue weighted by Crippen LogP contribution is 2.37. The van der Waals surface area contributed by atoms with E-state index in [2.05, 4.69) is 18.2 Å². The van der Waals surface area contributed by atoms with Gasteiger partial charge in [-0.3, -0.25) is 19.3 Å². The quantitative estimate of drug-likeness (QED) is 0.225. The number of carbonyl (C=O) groups is 1. The third-order valence-electron chi connectivity index (χ3n) is 7.11. The molecule has 1 aliphatic heterocycles. The van der Waals surface area contributed by atoms with Gasteiger partial charge in [-0.05, 0) is 24.1 Å². The summed E-state index contributed by atoms with van der Waals surface area (Å²) in [5.74, 6) is 0.400. The van der Waals surface area contributed by atoms with Crippen LogP contribution in [0.3, 0.4) is 0 Å². The first-order valence-corrected chi connectivity index (χ1v) is 13.5. The van der Waals surface area contributed by atoms with Crippen LogP contribution in [0.2, 0.25) is 0 Å². The van der Waals surface area contributed by atoms with Crippen molar-refractivity contribution in [3.8, 4) is 11.5 Å². The van der Waals surface area contributed by atoms with Gasteiger partial charge in [0.15, 0.2) is 11.4 Å². The maximum atomic E-state index is 14.0. The van der Waals surface area contributed by atoms with Gasteiger partial charge in [-0.15, -0.1) is 6.58 Å². The van der Waals surface area contributed by atoms with E-state index in [-0.39, 0.29) is 48.1 Å². The van der Waals surface area contributed by atoms with Crippen LogP contribution in [0.25, 0.3) is 0 Å². The van der Waals surface area contributed by atoms with Crippen LogP contribution in [-0.2, 0) is 6.61 Å². The molecule has 5 rings (SSSR count). The van der Waals surface area contributed by atoms with Crippen LogP contribution in [0.4, 0.5) is 0 Å². The summed E-state index contributed by atoms with van der Waals surface area (Å²) < 4.78 is 13.9. The van der Waals surface area contributed by atoms with E-state index in [1.807, 2.05) is 91.9 Å². The Bertz CT molecular complexity index is 1580. The van der Waals surface area contributed by atoms with Crippen molar-refractivity contribution >= 4 is 5.91 Å². The van der Waals surface area contributed by atoms with Crippen LogP contribution in [0.15, 0.2) is 127 Å². The standard InChI is InChI=1S/C34H33N3O4/c1-4-22-40-30-19-13-12-18-28(30)31(27-16-10-7-11-17-27)37-24-35(25(3)5-2)34(39)32-33(29(38)20-21-36(32)37)41-23-26-14-8-6-9-15-26/h4-21,25,31H,1-2,22-24H2,3H3. The van der Waals surface area contributed by atoms with Crippen LogP contribution < -0.4 is 19.9 Å². The number of aromatic nitrogens is 1. The van der Waals surface area contributed by atoms with Crippen molar-refractivity contribution in [2.45, 2.75) is 25.6 Å². The molecule has 3 aromatic carbocycles. The summed E-state index contributed by atoms with van der Waals surface area (Å²) in [6, 6.07) is 28.2. The number of para-hydroxylation sites is 1. The molecule has 4 aromatic rings. The zero-order valence-electron chi connectivity index (χ0n) is 23.1. The second kappa shape index (κ2) is 12.4. The third-order valence-corrected chi connectivity index (χ3v) is 7.11. The van der Waals surface area contributed by atoms with Crippen LogP contribution in [-0.4, -0.2) is 34.8 Å². The zero-order valence-corrected chi connectivity index (χ0v) is 23.1. The first-order valence-electron chi connectivity index (χ1n) is 13.5. The van der Waals surface area contributed by atoms with E-state index in [0.29, 0.717) is 12.4 Å². The third kappa shape index (κ3) is 5.65. The van der Waals surface area contributed by atoms with E-state index in [1.54, 1.807) is 27.9 Å². The molecule has 0 spiro atoms. The van der Waals surface area contributed by atoms with Gasteiger partial charge in [0.2, 0.25) is 5.43 Å². The van der Waals surface area contributed by atoms with E-state index < -0.39 is 0 Å². The van der Waals surface area contributed by atoms with Gasteiger partial charge in [-0.1, -0.05) is 97.6 Å². The second-order valence-corrected chi connectivity index (χ2v) is 9.76. The molecule has 0 aliphatic carbocycles. The van der Waals surface area contributed by atoms with E-state index in [1.165, 1.54) is 6.07 Å². The van der Waals surface area contributed by atoms with Crippen LogP contribution in [0.5, 0.6) is 11.5 Å². The molecule has 7 heteroatoms. The molecule has 0 saturated heterocycles. The maximum Gasteiger partial charge on any atom is 0.278 e. The van der Waals surface area contributed by atoms with Gasteiger partial charge in [0.05, 0.1) is 0 Å². The summed E-state index contributed by atoms with van der Waals surface area (Å²) in [6.07, 6.45) is 5.07. The highest BCUT2D eigenvalue weighted by Gasteiger charge is 2.39. The molecule has 1 aromatic heterocycles. The number of rotatable bonds is 11. The maximum absolute atomic E-state index is 14.0. The normalized spacial score (nSPS) is 14.1. The Balaban J connectivity index is 1.70. The lowest BCUT2D eigenvalue weighted by atomic mass is 9.97. The number of ether oxygens (including phenoxy) is 2. The second-order valence-electron chi connectivity index (χ2n) is 9.76. The number of pyridine rings is 1. The minimum atomic E-state index is -0.381. The molecule has 2 heterocycles. The van der Waals surface area contributed by atoms with Crippen molar-refractivity contribution < 1.29 is 14.3 Å². The minimum Gasteiger partial charge on any atom is -0.489 e. The molecule has 1 amide bonds. The van der Waals surface area contributed by atoms with Crippen molar-refractivity contribution in [2.75, 3.05) is 18.3 Å². The fourth-order valence-corrected chi connectivity index (χ4v) is 4.99. The van der Waals surface area contributed by atoms with Gasteiger partial charge in [0.25, 0.3) is 5.91 Å². The molecule has 0 N–H and O–H groups in total. The molecule has 0 fully saturated rings. The Kier molecular flexibility index (Phi) is 8.34. The monoisotopic (exact) mass is 547 g/mol. The molecular weight excluding hydrogens is 514 g/mol. The first kappa shape index (κ1) is 27.5. The number of hydrogen-bond donors (Lipinski definition) is 0. The first-order chi connectivity index (χ1) is 20.0. The van der Waals surface area contributed by atoms with Gasteiger partial charge >= 0.3 is 0 Å². The summed E-state index contributed by atoms with van der Waals surface area (Å²) in [7, 11) is 0. The SMILES string of the molecule is C=CCOc1ccccc1C(c1ccccc1)N1CN(C(C)C=C)C(=O)c2c(OCc3ccccc3)c(=O)ccn21. The Morgan fingerprint density at radius 2 is 1.56 bits per heavy atom. The number of nitrogens with zero attached hydrogens (tertiary/aromatic N) is 3. The van der Waals surface area contributed by atoms with Gasteiger partial charge in [-0.25, -0.2) is 0 Å². The average Bonchev–Trinajstić information content (AvgIpc) is 3.01. The molecule has 2 unspecified atom stereocenters. The largest absolute Gasteiger partial charge is 0.489 e. The molecule has 41 heavy (non-hydrogen) atoms. The molecule has 2 atom stereocenters. The van der Waals surface area contributed by atoms with Crippen LogP contribution in [0, 0.1) is 0 Å². The summed E-state index contributed by atoms with van der Waals surface area (Å²) >= 11 is 0. The van der Waals surface area contributed by atoms with Gasteiger partial charge in [0.1, 0.15) is 31.7 Å². The van der Waals surface area contributed by atoms with Gasteiger partial charge in [-0.2, -0.15) is 0 Å². The average molecular weight is 548 g/mol. The summed E-state index contributed by atoms with van der Waals surface area (Å²) in [5.41, 5.74) is 2.58. The van der Waals surface area contributed by atoms with Crippen molar-refractivity contribution in [3.63, 3.8) is 0 Å². The lowest BCUT2D eigenvalue weighted by Crippen LogP contribution is -2.57. The van der Waals surface area contributed by atoms with Crippen molar-refractivity contribution in [3.05, 3.63) is 155 Å².